The van der Waals surface area contributed by atoms with Crippen LogP contribution in [0.2, 0.25) is 10.0 Å². The number of hydrogen-bond donors (Lipinski definition) is 1. The number of nitrogens with one attached hydrogen (secondary N) is 1. The Labute approximate surface area is 143 Å². The molecule has 1 heterocycles. The van der Waals surface area contributed by atoms with Crippen LogP contribution in [0.1, 0.15) is 15.9 Å². The summed E-state index contributed by atoms with van der Waals surface area (Å²) in [5.74, 6) is 0.311. The number of halogens is 2. The van der Waals surface area contributed by atoms with Crippen molar-refractivity contribution in [2.24, 2.45) is 0 Å². The minimum atomic E-state index is -0.206. The lowest BCUT2D eigenvalue weighted by atomic mass is 10.1. The van der Waals surface area contributed by atoms with Gasteiger partial charge in [-0.2, -0.15) is 5.10 Å². The largest absolute Gasteiger partial charge is 0.306 e. The van der Waals surface area contributed by atoms with E-state index in [1.165, 1.54) is 0 Å². The van der Waals surface area contributed by atoms with E-state index in [-0.39, 0.29) is 5.91 Å². The van der Waals surface area contributed by atoms with Crippen molar-refractivity contribution in [3.05, 3.63) is 75.9 Å². The molecule has 3 aromatic rings. The fourth-order valence-electron chi connectivity index (χ4n) is 2.26. The van der Waals surface area contributed by atoms with E-state index in [1.54, 1.807) is 41.2 Å². The molecule has 116 valence electrons. The Morgan fingerprint density at radius 1 is 1.09 bits per heavy atom. The predicted octanol–water partition coefficient (Wildman–Crippen LogP) is 4.74. The summed E-state index contributed by atoms with van der Waals surface area (Å²) >= 11 is 12.3. The molecule has 23 heavy (non-hydrogen) atoms. The third-order valence-corrected chi connectivity index (χ3v) is 4.24. The molecule has 4 nitrogen and oxygen atoms in total. The van der Waals surface area contributed by atoms with Crippen LogP contribution < -0.4 is 5.32 Å². The summed E-state index contributed by atoms with van der Waals surface area (Å²) < 4.78 is 1.55. The standard InChI is InChI=1S/C17H13Cl2N3O/c1-11-5-2-3-6-12(11)17(23)21-15-9-10-20-22(15)14-8-4-7-13(18)16(14)19/h2-10H,1H3,(H,21,23). The lowest BCUT2D eigenvalue weighted by Gasteiger charge is -2.12. The predicted molar refractivity (Wildman–Crippen MR) is 92.7 cm³/mol. The first-order valence-electron chi connectivity index (χ1n) is 6.93. The average molecular weight is 346 g/mol. The van der Waals surface area contributed by atoms with Crippen LogP contribution in [-0.4, -0.2) is 15.7 Å². The summed E-state index contributed by atoms with van der Waals surface area (Å²) in [7, 11) is 0. The van der Waals surface area contributed by atoms with Gasteiger partial charge in [-0.1, -0.05) is 47.5 Å². The van der Waals surface area contributed by atoms with Crippen LogP contribution in [-0.2, 0) is 0 Å². The first-order valence-corrected chi connectivity index (χ1v) is 7.69. The van der Waals surface area contributed by atoms with Gasteiger partial charge in [0.25, 0.3) is 5.91 Å². The molecule has 0 atom stereocenters. The summed E-state index contributed by atoms with van der Waals surface area (Å²) in [6, 6.07) is 14.3. The van der Waals surface area contributed by atoms with Crippen LogP contribution in [0.5, 0.6) is 0 Å². The Bertz CT molecular complexity index is 874. The molecular formula is C17H13Cl2N3O. The van der Waals surface area contributed by atoms with Crippen molar-refractivity contribution in [1.29, 1.82) is 0 Å². The monoisotopic (exact) mass is 345 g/mol. The second kappa shape index (κ2) is 6.44. The van der Waals surface area contributed by atoms with Crippen molar-refractivity contribution >= 4 is 34.9 Å². The summed E-state index contributed by atoms with van der Waals surface area (Å²) in [5.41, 5.74) is 2.11. The highest BCUT2D eigenvalue weighted by Crippen LogP contribution is 2.30. The number of anilines is 1. The van der Waals surface area contributed by atoms with Gasteiger partial charge in [-0.15, -0.1) is 0 Å². The zero-order chi connectivity index (χ0) is 16.4. The molecule has 0 aliphatic carbocycles. The number of aryl methyl sites for hydroxylation is 1. The van der Waals surface area contributed by atoms with Crippen molar-refractivity contribution in [3.8, 4) is 5.69 Å². The summed E-state index contributed by atoms with van der Waals surface area (Å²) in [4.78, 5) is 12.5. The molecule has 0 fully saturated rings. The Morgan fingerprint density at radius 2 is 1.87 bits per heavy atom. The van der Waals surface area contributed by atoms with Gasteiger partial charge in [0, 0.05) is 11.6 Å². The number of hydrogen-bond acceptors (Lipinski definition) is 2. The molecule has 2 aromatic carbocycles. The van der Waals surface area contributed by atoms with E-state index >= 15 is 0 Å². The second-order valence-electron chi connectivity index (χ2n) is 4.97. The number of benzene rings is 2. The van der Waals surface area contributed by atoms with Crippen LogP contribution in [0.25, 0.3) is 5.69 Å². The van der Waals surface area contributed by atoms with E-state index in [0.717, 1.165) is 5.56 Å². The Balaban J connectivity index is 1.95. The highest BCUT2D eigenvalue weighted by Gasteiger charge is 2.14. The number of aromatic nitrogens is 2. The van der Waals surface area contributed by atoms with Crippen molar-refractivity contribution in [2.45, 2.75) is 6.92 Å². The molecular weight excluding hydrogens is 333 g/mol. The van der Waals surface area contributed by atoms with Gasteiger partial charge in [0.2, 0.25) is 0 Å². The molecule has 0 unspecified atom stereocenters. The van der Waals surface area contributed by atoms with Crippen LogP contribution in [0.3, 0.4) is 0 Å². The van der Waals surface area contributed by atoms with Crippen molar-refractivity contribution in [2.75, 3.05) is 5.32 Å². The number of carbonyl (C=O) groups excluding carboxylic acids is 1. The normalized spacial score (nSPS) is 10.6. The molecule has 0 bridgehead atoms. The van der Waals surface area contributed by atoms with Crippen molar-refractivity contribution < 1.29 is 4.79 Å². The zero-order valence-electron chi connectivity index (χ0n) is 12.3. The van der Waals surface area contributed by atoms with Gasteiger partial charge in [-0.05, 0) is 30.7 Å². The Hall–Kier alpha value is -2.30. The van der Waals surface area contributed by atoms with Gasteiger partial charge in [0.05, 0.1) is 21.9 Å². The molecule has 1 N–H and O–H groups in total. The maximum absolute atomic E-state index is 12.5. The van der Waals surface area contributed by atoms with Gasteiger partial charge < -0.3 is 5.32 Å². The number of amides is 1. The number of rotatable bonds is 3. The molecule has 1 amide bonds. The lowest BCUT2D eigenvalue weighted by Crippen LogP contribution is -2.16. The highest BCUT2D eigenvalue weighted by molar-refractivity contribution is 6.43. The van der Waals surface area contributed by atoms with Crippen LogP contribution >= 0.6 is 23.2 Å². The van der Waals surface area contributed by atoms with Gasteiger partial charge in [-0.25, -0.2) is 4.68 Å². The topological polar surface area (TPSA) is 46.9 Å². The van der Waals surface area contributed by atoms with E-state index in [4.69, 9.17) is 23.2 Å². The maximum atomic E-state index is 12.5. The first kappa shape index (κ1) is 15.6. The minimum Gasteiger partial charge on any atom is -0.306 e. The number of carbonyl (C=O) groups is 1. The van der Waals surface area contributed by atoms with E-state index in [2.05, 4.69) is 10.4 Å². The fourth-order valence-corrected chi connectivity index (χ4v) is 2.63. The van der Waals surface area contributed by atoms with Crippen LogP contribution in [0.4, 0.5) is 5.82 Å². The van der Waals surface area contributed by atoms with Gasteiger partial charge >= 0.3 is 0 Å². The first-order chi connectivity index (χ1) is 11.1. The molecule has 6 heteroatoms. The third-order valence-electron chi connectivity index (χ3n) is 3.43. The Morgan fingerprint density at radius 3 is 2.65 bits per heavy atom. The molecule has 1 aromatic heterocycles. The molecule has 3 rings (SSSR count). The molecule has 0 saturated heterocycles. The lowest BCUT2D eigenvalue weighted by molar-refractivity contribution is 0.102. The second-order valence-corrected chi connectivity index (χ2v) is 5.76. The van der Waals surface area contributed by atoms with E-state index in [1.807, 2.05) is 25.1 Å². The van der Waals surface area contributed by atoms with Gasteiger partial charge in [0.1, 0.15) is 5.82 Å². The van der Waals surface area contributed by atoms with E-state index < -0.39 is 0 Å². The summed E-state index contributed by atoms with van der Waals surface area (Å²) in [6.07, 6.45) is 1.59. The van der Waals surface area contributed by atoms with Crippen molar-refractivity contribution in [3.63, 3.8) is 0 Å². The number of nitrogens with zero attached hydrogens (tertiary/aromatic N) is 2. The molecule has 0 saturated carbocycles. The smallest absolute Gasteiger partial charge is 0.257 e. The van der Waals surface area contributed by atoms with Crippen LogP contribution in [0.15, 0.2) is 54.7 Å². The molecule has 0 aliphatic heterocycles. The summed E-state index contributed by atoms with van der Waals surface area (Å²) in [6.45, 7) is 1.89. The Kier molecular flexibility index (Phi) is 4.37. The molecule has 0 spiro atoms. The minimum absolute atomic E-state index is 0.206. The van der Waals surface area contributed by atoms with Crippen LogP contribution in [0, 0.1) is 6.92 Å². The summed E-state index contributed by atoms with van der Waals surface area (Å²) in [5, 5.41) is 7.87. The average Bonchev–Trinajstić information content (AvgIpc) is 2.98. The molecule has 0 aliphatic rings. The van der Waals surface area contributed by atoms with Crippen molar-refractivity contribution in [1.82, 2.24) is 9.78 Å². The van der Waals surface area contributed by atoms with E-state index in [9.17, 15) is 4.79 Å². The van der Waals surface area contributed by atoms with Gasteiger partial charge in [0.15, 0.2) is 0 Å². The molecule has 0 radical (unpaired) electrons. The van der Waals surface area contributed by atoms with E-state index in [0.29, 0.717) is 27.1 Å². The fraction of sp³-hybridized carbons (Fsp3) is 0.0588. The maximum Gasteiger partial charge on any atom is 0.257 e. The van der Waals surface area contributed by atoms with Gasteiger partial charge in [-0.3, -0.25) is 4.79 Å². The highest BCUT2D eigenvalue weighted by atomic mass is 35.5. The zero-order valence-corrected chi connectivity index (χ0v) is 13.8. The third kappa shape index (κ3) is 3.09. The SMILES string of the molecule is Cc1ccccc1C(=O)Nc1ccnn1-c1cccc(Cl)c1Cl. The quantitative estimate of drug-likeness (QED) is 0.745.